The van der Waals surface area contributed by atoms with Crippen LogP contribution in [0.25, 0.3) is 0 Å². The van der Waals surface area contributed by atoms with Gasteiger partial charge in [0.2, 0.25) is 5.91 Å². The number of carbonyl (C=O) groups is 1. The topological polar surface area (TPSA) is 35.6 Å². The lowest BCUT2D eigenvalue weighted by Gasteiger charge is -2.44. The SMILES string of the molecule is CC1CC(C)CN(C(=O)CN2CCNCC2(C)C)C1. The van der Waals surface area contributed by atoms with Crippen molar-refractivity contribution < 1.29 is 4.79 Å². The summed E-state index contributed by atoms with van der Waals surface area (Å²) in [6.45, 7) is 14.3. The maximum absolute atomic E-state index is 12.5. The third kappa shape index (κ3) is 3.69. The maximum Gasteiger partial charge on any atom is 0.236 e. The maximum atomic E-state index is 12.5. The number of nitrogens with zero attached hydrogens (tertiary/aromatic N) is 2. The molecule has 0 saturated carbocycles. The van der Waals surface area contributed by atoms with Crippen LogP contribution in [0.1, 0.15) is 34.1 Å². The molecule has 2 aliphatic heterocycles. The zero-order valence-electron chi connectivity index (χ0n) is 12.9. The molecule has 2 aliphatic rings. The minimum absolute atomic E-state index is 0.0843. The van der Waals surface area contributed by atoms with Gasteiger partial charge < -0.3 is 10.2 Å². The molecule has 0 aromatic rings. The average molecular weight is 267 g/mol. The van der Waals surface area contributed by atoms with Crippen molar-refractivity contribution in [1.82, 2.24) is 15.1 Å². The first kappa shape index (κ1) is 14.8. The van der Waals surface area contributed by atoms with Gasteiger partial charge in [0, 0.05) is 38.3 Å². The fraction of sp³-hybridized carbons (Fsp3) is 0.933. The van der Waals surface area contributed by atoms with Crippen LogP contribution in [0.3, 0.4) is 0 Å². The van der Waals surface area contributed by atoms with Crippen molar-refractivity contribution >= 4 is 5.91 Å². The molecule has 2 fully saturated rings. The molecular weight excluding hydrogens is 238 g/mol. The van der Waals surface area contributed by atoms with Crippen LogP contribution in [0.4, 0.5) is 0 Å². The van der Waals surface area contributed by atoms with Gasteiger partial charge in [0.05, 0.1) is 6.54 Å². The summed E-state index contributed by atoms with van der Waals surface area (Å²) >= 11 is 0. The molecule has 2 saturated heterocycles. The second-order valence-electron chi connectivity index (χ2n) is 7.16. The van der Waals surface area contributed by atoms with Gasteiger partial charge in [-0.25, -0.2) is 0 Å². The Balaban J connectivity index is 1.93. The van der Waals surface area contributed by atoms with E-state index in [1.807, 2.05) is 0 Å². The van der Waals surface area contributed by atoms with E-state index in [1.165, 1.54) is 6.42 Å². The third-order valence-corrected chi connectivity index (χ3v) is 4.52. The lowest BCUT2D eigenvalue weighted by atomic mass is 9.92. The van der Waals surface area contributed by atoms with Gasteiger partial charge in [0.1, 0.15) is 0 Å². The Labute approximate surface area is 117 Å². The van der Waals surface area contributed by atoms with Crippen LogP contribution < -0.4 is 5.32 Å². The molecule has 0 bridgehead atoms. The molecule has 4 nitrogen and oxygen atoms in total. The van der Waals surface area contributed by atoms with Crippen LogP contribution in [0.15, 0.2) is 0 Å². The quantitative estimate of drug-likeness (QED) is 0.816. The molecule has 4 heteroatoms. The van der Waals surface area contributed by atoms with E-state index >= 15 is 0 Å². The fourth-order valence-electron chi connectivity index (χ4n) is 3.45. The van der Waals surface area contributed by atoms with Gasteiger partial charge in [-0.05, 0) is 32.1 Å². The summed E-state index contributed by atoms with van der Waals surface area (Å²) in [5.74, 6) is 1.60. The average Bonchev–Trinajstić information content (AvgIpc) is 2.30. The summed E-state index contributed by atoms with van der Waals surface area (Å²) in [4.78, 5) is 16.9. The van der Waals surface area contributed by atoms with Gasteiger partial charge in [0.25, 0.3) is 0 Å². The largest absolute Gasteiger partial charge is 0.341 e. The summed E-state index contributed by atoms with van der Waals surface area (Å²) < 4.78 is 0. The van der Waals surface area contributed by atoms with Gasteiger partial charge in [-0.2, -0.15) is 0 Å². The van der Waals surface area contributed by atoms with E-state index < -0.39 is 0 Å². The summed E-state index contributed by atoms with van der Waals surface area (Å²) in [5, 5.41) is 3.41. The summed E-state index contributed by atoms with van der Waals surface area (Å²) in [7, 11) is 0. The summed E-state index contributed by atoms with van der Waals surface area (Å²) in [5.41, 5.74) is 0.0843. The predicted molar refractivity (Wildman–Crippen MR) is 78.0 cm³/mol. The Kier molecular flexibility index (Phi) is 4.51. The van der Waals surface area contributed by atoms with Crippen molar-refractivity contribution in [3.8, 4) is 0 Å². The first-order chi connectivity index (χ1) is 8.88. The standard InChI is InChI=1S/C15H29N3O/c1-12-7-13(2)9-17(8-12)14(19)10-18-6-5-16-11-15(18,3)4/h12-13,16H,5-11H2,1-4H3. The number of piperidine rings is 1. The Morgan fingerprint density at radius 2 is 1.89 bits per heavy atom. The molecule has 2 heterocycles. The highest BCUT2D eigenvalue weighted by Crippen LogP contribution is 2.22. The normalized spacial score (nSPS) is 32.3. The molecule has 1 N–H and O–H groups in total. The molecule has 2 rings (SSSR count). The zero-order chi connectivity index (χ0) is 14.0. The first-order valence-electron chi connectivity index (χ1n) is 7.62. The number of hydrogen-bond acceptors (Lipinski definition) is 3. The van der Waals surface area contributed by atoms with Gasteiger partial charge >= 0.3 is 0 Å². The molecule has 0 aromatic heterocycles. The first-order valence-corrected chi connectivity index (χ1v) is 7.62. The number of amides is 1. The van der Waals surface area contributed by atoms with Crippen molar-refractivity contribution in [2.45, 2.75) is 39.7 Å². The molecule has 110 valence electrons. The fourth-order valence-corrected chi connectivity index (χ4v) is 3.45. The van der Waals surface area contributed by atoms with Gasteiger partial charge in [-0.1, -0.05) is 13.8 Å². The molecule has 1 amide bonds. The molecular formula is C15H29N3O. The second kappa shape index (κ2) is 5.80. The minimum Gasteiger partial charge on any atom is -0.341 e. The van der Waals surface area contributed by atoms with Crippen LogP contribution in [-0.4, -0.2) is 60.5 Å². The second-order valence-corrected chi connectivity index (χ2v) is 7.16. The van der Waals surface area contributed by atoms with E-state index in [2.05, 4.69) is 42.8 Å². The van der Waals surface area contributed by atoms with Gasteiger partial charge in [0.15, 0.2) is 0 Å². The van der Waals surface area contributed by atoms with Crippen molar-refractivity contribution in [3.05, 3.63) is 0 Å². The Bertz CT molecular complexity index is 319. The van der Waals surface area contributed by atoms with Gasteiger partial charge in [-0.15, -0.1) is 0 Å². The predicted octanol–water partition coefficient (Wildman–Crippen LogP) is 1.17. The number of piperazine rings is 1. The molecule has 0 aliphatic carbocycles. The third-order valence-electron chi connectivity index (χ3n) is 4.52. The van der Waals surface area contributed by atoms with Crippen molar-refractivity contribution in [3.63, 3.8) is 0 Å². The molecule has 2 unspecified atom stereocenters. The molecule has 2 atom stereocenters. The summed E-state index contributed by atoms with van der Waals surface area (Å²) in [6, 6.07) is 0. The van der Waals surface area contributed by atoms with Crippen LogP contribution >= 0.6 is 0 Å². The van der Waals surface area contributed by atoms with E-state index in [9.17, 15) is 4.79 Å². The van der Waals surface area contributed by atoms with Gasteiger partial charge in [-0.3, -0.25) is 9.69 Å². The van der Waals surface area contributed by atoms with E-state index in [1.54, 1.807) is 0 Å². The molecule has 19 heavy (non-hydrogen) atoms. The molecule has 0 radical (unpaired) electrons. The monoisotopic (exact) mass is 267 g/mol. The smallest absolute Gasteiger partial charge is 0.236 e. The van der Waals surface area contributed by atoms with Crippen LogP contribution in [0, 0.1) is 11.8 Å². The lowest BCUT2D eigenvalue weighted by Crippen LogP contribution is -2.60. The van der Waals surface area contributed by atoms with E-state index in [0.29, 0.717) is 24.3 Å². The zero-order valence-corrected chi connectivity index (χ0v) is 12.9. The number of rotatable bonds is 2. The van der Waals surface area contributed by atoms with E-state index in [-0.39, 0.29) is 5.54 Å². The van der Waals surface area contributed by atoms with Crippen molar-refractivity contribution in [2.24, 2.45) is 11.8 Å². The van der Waals surface area contributed by atoms with Crippen molar-refractivity contribution in [2.75, 3.05) is 39.3 Å². The van der Waals surface area contributed by atoms with Crippen molar-refractivity contribution in [1.29, 1.82) is 0 Å². The number of nitrogens with one attached hydrogen (secondary N) is 1. The van der Waals surface area contributed by atoms with E-state index in [4.69, 9.17) is 0 Å². The Morgan fingerprint density at radius 1 is 1.26 bits per heavy atom. The number of carbonyl (C=O) groups excluding carboxylic acids is 1. The highest BCUT2D eigenvalue weighted by Gasteiger charge is 2.33. The highest BCUT2D eigenvalue weighted by molar-refractivity contribution is 5.78. The minimum atomic E-state index is 0.0843. The van der Waals surface area contributed by atoms with E-state index in [0.717, 1.165) is 32.7 Å². The molecule has 0 aromatic carbocycles. The number of likely N-dealkylation sites (tertiary alicyclic amines) is 1. The summed E-state index contributed by atoms with van der Waals surface area (Å²) in [6.07, 6.45) is 1.25. The van der Waals surface area contributed by atoms with Crippen LogP contribution in [0.5, 0.6) is 0 Å². The Morgan fingerprint density at radius 3 is 2.47 bits per heavy atom. The lowest BCUT2D eigenvalue weighted by molar-refractivity contribution is -0.136. The number of hydrogen-bond donors (Lipinski definition) is 1. The van der Waals surface area contributed by atoms with Crippen LogP contribution in [-0.2, 0) is 4.79 Å². The highest BCUT2D eigenvalue weighted by atomic mass is 16.2. The van der Waals surface area contributed by atoms with Crippen LogP contribution in [0.2, 0.25) is 0 Å². The molecule has 0 spiro atoms. The Hall–Kier alpha value is -0.610.